The number of anilines is 1. The van der Waals surface area contributed by atoms with Crippen molar-refractivity contribution in [3.05, 3.63) is 90.0 Å². The Morgan fingerprint density at radius 2 is 1.66 bits per heavy atom. The molecule has 178 valence electrons. The van der Waals surface area contributed by atoms with E-state index < -0.39 is 0 Å². The molecule has 35 heavy (non-hydrogen) atoms. The highest BCUT2D eigenvalue weighted by molar-refractivity contribution is 7.99. The molecule has 4 aromatic rings. The monoisotopic (exact) mass is 487 g/mol. The van der Waals surface area contributed by atoms with E-state index in [-0.39, 0.29) is 17.6 Å². The lowest BCUT2D eigenvalue weighted by molar-refractivity contribution is -0.118. The first-order valence-electron chi connectivity index (χ1n) is 10.9. The van der Waals surface area contributed by atoms with Crippen molar-refractivity contribution in [2.75, 3.05) is 18.2 Å². The van der Waals surface area contributed by atoms with Gasteiger partial charge in [-0.25, -0.2) is 0 Å². The van der Waals surface area contributed by atoms with E-state index >= 15 is 0 Å². The number of rotatable bonds is 9. The zero-order valence-corrected chi connectivity index (χ0v) is 20.2. The first kappa shape index (κ1) is 24.0. The predicted octanol–water partition coefficient (Wildman–Crippen LogP) is 4.15. The SMILES string of the molecule is COc1ccccc1C(=O)Nc1ccc(-c2nnc(SCC(=O)NCc3ccccc3)n2C)cc1. The highest BCUT2D eigenvalue weighted by Gasteiger charge is 2.14. The normalized spacial score (nSPS) is 10.6. The number of carbonyl (C=O) groups is 2. The van der Waals surface area contributed by atoms with Gasteiger partial charge >= 0.3 is 0 Å². The molecule has 1 aromatic heterocycles. The van der Waals surface area contributed by atoms with Gasteiger partial charge in [-0.1, -0.05) is 54.2 Å². The minimum Gasteiger partial charge on any atom is -0.496 e. The van der Waals surface area contributed by atoms with Crippen molar-refractivity contribution < 1.29 is 14.3 Å². The van der Waals surface area contributed by atoms with Gasteiger partial charge in [0, 0.05) is 24.8 Å². The molecule has 0 spiro atoms. The van der Waals surface area contributed by atoms with Gasteiger partial charge in [0.25, 0.3) is 5.91 Å². The first-order chi connectivity index (χ1) is 17.0. The third kappa shape index (κ3) is 6.07. The maximum Gasteiger partial charge on any atom is 0.259 e. The minimum absolute atomic E-state index is 0.0708. The number of carbonyl (C=O) groups excluding carboxylic acids is 2. The highest BCUT2D eigenvalue weighted by atomic mass is 32.2. The summed E-state index contributed by atoms with van der Waals surface area (Å²) in [5, 5.41) is 14.9. The van der Waals surface area contributed by atoms with Gasteiger partial charge in [0.1, 0.15) is 5.75 Å². The molecular formula is C26H25N5O3S. The second-order valence-corrected chi connectivity index (χ2v) is 8.59. The van der Waals surface area contributed by atoms with Crippen LogP contribution in [-0.4, -0.2) is 39.4 Å². The van der Waals surface area contributed by atoms with Gasteiger partial charge in [0.2, 0.25) is 5.91 Å². The molecule has 0 saturated carbocycles. The van der Waals surface area contributed by atoms with E-state index in [1.165, 1.54) is 18.9 Å². The Hall–Kier alpha value is -4.11. The quantitative estimate of drug-likeness (QED) is 0.344. The molecular weight excluding hydrogens is 462 g/mol. The molecule has 0 saturated heterocycles. The summed E-state index contributed by atoms with van der Waals surface area (Å²) in [7, 11) is 3.39. The molecule has 4 rings (SSSR count). The molecule has 0 atom stereocenters. The molecule has 9 heteroatoms. The lowest BCUT2D eigenvalue weighted by atomic mass is 10.1. The molecule has 0 unspecified atom stereocenters. The molecule has 0 aliphatic heterocycles. The van der Waals surface area contributed by atoms with Crippen LogP contribution in [0.2, 0.25) is 0 Å². The summed E-state index contributed by atoms with van der Waals surface area (Å²) in [6.07, 6.45) is 0. The Bertz CT molecular complexity index is 1310. The van der Waals surface area contributed by atoms with Crippen LogP contribution in [0.4, 0.5) is 5.69 Å². The van der Waals surface area contributed by atoms with Crippen molar-refractivity contribution in [2.24, 2.45) is 7.05 Å². The van der Waals surface area contributed by atoms with Crippen LogP contribution in [0.3, 0.4) is 0 Å². The zero-order chi connectivity index (χ0) is 24.6. The molecule has 1 heterocycles. The number of thioether (sulfide) groups is 1. The molecule has 2 N–H and O–H groups in total. The average Bonchev–Trinajstić information content (AvgIpc) is 3.27. The molecule has 0 radical (unpaired) electrons. The van der Waals surface area contributed by atoms with Crippen LogP contribution in [0.15, 0.2) is 84.0 Å². The largest absolute Gasteiger partial charge is 0.496 e. The van der Waals surface area contributed by atoms with Crippen LogP contribution in [-0.2, 0) is 18.4 Å². The van der Waals surface area contributed by atoms with E-state index in [1.807, 2.05) is 60.1 Å². The highest BCUT2D eigenvalue weighted by Crippen LogP contribution is 2.25. The molecule has 0 aliphatic rings. The molecule has 3 aromatic carbocycles. The number of hydrogen-bond acceptors (Lipinski definition) is 6. The van der Waals surface area contributed by atoms with Gasteiger partial charge in [-0.3, -0.25) is 9.59 Å². The molecule has 8 nitrogen and oxygen atoms in total. The van der Waals surface area contributed by atoms with E-state index in [2.05, 4.69) is 20.8 Å². The zero-order valence-electron chi connectivity index (χ0n) is 19.4. The summed E-state index contributed by atoms with van der Waals surface area (Å²) in [6.45, 7) is 0.490. The van der Waals surface area contributed by atoms with Crippen LogP contribution < -0.4 is 15.4 Å². The summed E-state index contributed by atoms with van der Waals surface area (Å²) in [5.74, 6) is 1.10. The van der Waals surface area contributed by atoms with Crippen LogP contribution in [0.1, 0.15) is 15.9 Å². The van der Waals surface area contributed by atoms with Crippen LogP contribution in [0, 0.1) is 0 Å². The van der Waals surface area contributed by atoms with E-state index in [0.717, 1.165) is 11.1 Å². The number of nitrogens with zero attached hydrogens (tertiary/aromatic N) is 3. The van der Waals surface area contributed by atoms with E-state index in [1.54, 1.807) is 30.3 Å². The number of hydrogen-bond donors (Lipinski definition) is 2. The molecule has 0 aliphatic carbocycles. The number of benzene rings is 3. The second-order valence-electron chi connectivity index (χ2n) is 7.65. The Morgan fingerprint density at radius 3 is 2.40 bits per heavy atom. The second kappa shape index (κ2) is 11.3. The molecule has 2 amide bonds. The maximum absolute atomic E-state index is 12.6. The standard InChI is InChI=1S/C26H25N5O3S/c1-31-24(29-30-26(31)35-17-23(32)27-16-18-8-4-3-5-9-18)19-12-14-20(15-13-19)28-25(33)21-10-6-7-11-22(21)34-2/h3-15H,16-17H2,1-2H3,(H,27,32)(H,28,33). The number of para-hydroxylation sites is 1. The lowest BCUT2D eigenvalue weighted by Crippen LogP contribution is -2.24. The molecule has 0 bridgehead atoms. The number of methoxy groups -OCH3 is 1. The number of aromatic nitrogens is 3. The summed E-state index contributed by atoms with van der Waals surface area (Å²) in [5.41, 5.74) is 3.00. The Kier molecular flexibility index (Phi) is 7.79. The van der Waals surface area contributed by atoms with Crippen LogP contribution >= 0.6 is 11.8 Å². The van der Waals surface area contributed by atoms with Crippen LogP contribution in [0.5, 0.6) is 5.75 Å². The first-order valence-corrected chi connectivity index (χ1v) is 11.9. The summed E-state index contributed by atoms with van der Waals surface area (Å²) >= 11 is 1.33. The maximum atomic E-state index is 12.6. The number of amides is 2. The summed E-state index contributed by atoms with van der Waals surface area (Å²) in [4.78, 5) is 24.8. The number of nitrogens with one attached hydrogen (secondary N) is 2. The van der Waals surface area contributed by atoms with Crippen molar-refractivity contribution in [1.82, 2.24) is 20.1 Å². The van der Waals surface area contributed by atoms with Gasteiger partial charge in [0.05, 0.1) is 18.4 Å². The molecule has 0 fully saturated rings. The fraction of sp³-hybridized carbons (Fsp3) is 0.154. The van der Waals surface area contributed by atoms with Crippen molar-refractivity contribution >= 4 is 29.3 Å². The van der Waals surface area contributed by atoms with Crippen molar-refractivity contribution in [2.45, 2.75) is 11.7 Å². The minimum atomic E-state index is -0.252. The predicted molar refractivity (Wildman–Crippen MR) is 136 cm³/mol. The van der Waals surface area contributed by atoms with E-state index in [9.17, 15) is 9.59 Å². The van der Waals surface area contributed by atoms with Gasteiger partial charge in [-0.05, 0) is 42.0 Å². The van der Waals surface area contributed by atoms with Gasteiger partial charge < -0.3 is 19.9 Å². The van der Waals surface area contributed by atoms with E-state index in [4.69, 9.17) is 4.74 Å². The Balaban J connectivity index is 1.34. The summed E-state index contributed by atoms with van der Waals surface area (Å²) in [6, 6.07) is 24.2. The average molecular weight is 488 g/mol. The topological polar surface area (TPSA) is 98.1 Å². The third-order valence-corrected chi connectivity index (χ3v) is 6.27. The van der Waals surface area contributed by atoms with Gasteiger partial charge in [-0.15, -0.1) is 10.2 Å². The Morgan fingerprint density at radius 1 is 0.943 bits per heavy atom. The van der Waals surface area contributed by atoms with Crippen molar-refractivity contribution in [1.29, 1.82) is 0 Å². The van der Waals surface area contributed by atoms with Crippen molar-refractivity contribution in [3.63, 3.8) is 0 Å². The van der Waals surface area contributed by atoms with Gasteiger partial charge in [-0.2, -0.15) is 0 Å². The third-order valence-electron chi connectivity index (χ3n) is 5.25. The lowest BCUT2D eigenvalue weighted by Gasteiger charge is -2.10. The summed E-state index contributed by atoms with van der Waals surface area (Å²) < 4.78 is 7.10. The van der Waals surface area contributed by atoms with E-state index in [0.29, 0.717) is 34.5 Å². The van der Waals surface area contributed by atoms with Crippen molar-refractivity contribution in [3.8, 4) is 17.1 Å². The fourth-order valence-electron chi connectivity index (χ4n) is 3.40. The smallest absolute Gasteiger partial charge is 0.259 e. The fourth-order valence-corrected chi connectivity index (χ4v) is 4.14. The Labute approximate surface area is 207 Å². The van der Waals surface area contributed by atoms with Gasteiger partial charge in [0.15, 0.2) is 11.0 Å². The van der Waals surface area contributed by atoms with Crippen LogP contribution in [0.25, 0.3) is 11.4 Å². The number of ether oxygens (including phenoxy) is 1.